The summed E-state index contributed by atoms with van der Waals surface area (Å²) in [6, 6.07) is 10.7. The Kier molecular flexibility index (Phi) is 6.25. The molecule has 0 fully saturated rings. The Labute approximate surface area is 221 Å². The first kappa shape index (κ1) is 25.5. The van der Waals surface area contributed by atoms with Crippen molar-refractivity contribution < 1.29 is 9.90 Å². The number of nitrogens with zero attached hydrogens (tertiary/aromatic N) is 5. The van der Waals surface area contributed by atoms with E-state index in [1.54, 1.807) is 41.1 Å². The third-order valence-electron chi connectivity index (χ3n) is 7.39. The van der Waals surface area contributed by atoms with Gasteiger partial charge in [-0.15, -0.1) is 0 Å². The Balaban J connectivity index is 1.63. The molecular weight excluding hydrogens is 480 g/mol. The number of hydrogen-bond donors (Lipinski definition) is 2. The number of para-hydroxylation sites is 1. The van der Waals surface area contributed by atoms with Crippen LogP contribution in [0.3, 0.4) is 0 Å². The Morgan fingerprint density at radius 1 is 1.18 bits per heavy atom. The highest BCUT2D eigenvalue weighted by Gasteiger charge is 2.35. The molecule has 0 saturated carbocycles. The molecule has 0 radical (unpaired) electrons. The zero-order valence-corrected chi connectivity index (χ0v) is 22.7. The van der Waals surface area contributed by atoms with Crippen LogP contribution in [-0.4, -0.2) is 36.8 Å². The number of hydrogen-bond acceptors (Lipinski definition) is 6. The van der Waals surface area contributed by atoms with Crippen molar-refractivity contribution in [3.8, 4) is 0 Å². The normalized spacial score (nSPS) is 16.4. The van der Waals surface area contributed by atoms with Gasteiger partial charge >= 0.3 is 5.97 Å². The van der Waals surface area contributed by atoms with Crippen LogP contribution in [0.1, 0.15) is 73.2 Å². The highest BCUT2D eigenvalue weighted by atomic mass is 16.4. The minimum atomic E-state index is -1.00. The van der Waals surface area contributed by atoms with Crippen LogP contribution in [0.5, 0.6) is 0 Å². The van der Waals surface area contributed by atoms with E-state index in [0.717, 1.165) is 29.9 Å². The zero-order valence-electron chi connectivity index (χ0n) is 22.7. The first-order valence-corrected chi connectivity index (χ1v) is 12.9. The Bertz CT molecular complexity index is 1600. The first-order chi connectivity index (χ1) is 18.0. The topological polar surface area (TPSA) is 105 Å². The van der Waals surface area contributed by atoms with E-state index >= 15 is 0 Å². The van der Waals surface area contributed by atoms with E-state index < -0.39 is 5.97 Å². The molecule has 0 amide bonds. The van der Waals surface area contributed by atoms with Gasteiger partial charge in [-0.2, -0.15) is 5.10 Å². The van der Waals surface area contributed by atoms with Crippen LogP contribution in [0.4, 0.5) is 17.3 Å². The Morgan fingerprint density at radius 2 is 1.92 bits per heavy atom. The van der Waals surface area contributed by atoms with Gasteiger partial charge in [-0.3, -0.25) is 9.20 Å². The lowest BCUT2D eigenvalue weighted by Gasteiger charge is -2.40. The minimum Gasteiger partial charge on any atom is -0.478 e. The van der Waals surface area contributed by atoms with Crippen LogP contribution in [0, 0.1) is 19.3 Å². The average molecular weight is 515 g/mol. The number of carboxylic acid groups (broad SMARTS) is 1. The Hall–Kier alpha value is -4.14. The van der Waals surface area contributed by atoms with Crippen LogP contribution in [-0.2, 0) is 0 Å². The van der Waals surface area contributed by atoms with Crippen LogP contribution in [0.15, 0.2) is 53.6 Å². The number of rotatable bonds is 5. The average Bonchev–Trinajstić information content (AvgIpc) is 3.35. The molecule has 1 aliphatic heterocycles. The van der Waals surface area contributed by atoms with Gasteiger partial charge in [-0.05, 0) is 56.4 Å². The van der Waals surface area contributed by atoms with Crippen LogP contribution >= 0.6 is 0 Å². The van der Waals surface area contributed by atoms with Crippen molar-refractivity contribution in [2.24, 2.45) is 5.41 Å². The zero-order chi connectivity index (χ0) is 27.4. The highest BCUT2D eigenvalue weighted by Crippen LogP contribution is 2.41. The van der Waals surface area contributed by atoms with E-state index in [9.17, 15) is 14.7 Å². The van der Waals surface area contributed by atoms with Gasteiger partial charge in [0, 0.05) is 30.1 Å². The predicted molar refractivity (Wildman–Crippen MR) is 149 cm³/mol. The van der Waals surface area contributed by atoms with Crippen molar-refractivity contribution >= 4 is 28.9 Å². The number of carboxylic acids is 1. The number of fused-ring (bicyclic) bond motifs is 2. The molecule has 0 bridgehead atoms. The highest BCUT2D eigenvalue weighted by molar-refractivity contribution is 5.94. The summed E-state index contributed by atoms with van der Waals surface area (Å²) in [6.45, 7) is 13.1. The van der Waals surface area contributed by atoms with E-state index in [1.165, 1.54) is 0 Å². The molecule has 2 unspecified atom stereocenters. The first-order valence-electron chi connectivity index (χ1n) is 12.9. The number of benzene rings is 1. The molecule has 198 valence electrons. The number of aromatic nitrogens is 4. The fourth-order valence-electron chi connectivity index (χ4n) is 5.44. The van der Waals surface area contributed by atoms with E-state index in [2.05, 4.69) is 40.8 Å². The van der Waals surface area contributed by atoms with Crippen molar-refractivity contribution in [1.29, 1.82) is 0 Å². The molecule has 4 aromatic rings. The number of pyridine rings is 1. The molecular formula is C29H34N6O3. The molecule has 38 heavy (non-hydrogen) atoms. The molecule has 9 heteroatoms. The number of aryl methyl sites for hydroxylation is 1. The van der Waals surface area contributed by atoms with Crippen molar-refractivity contribution in [2.45, 2.75) is 60.0 Å². The van der Waals surface area contributed by atoms with Crippen molar-refractivity contribution in [1.82, 2.24) is 19.2 Å². The van der Waals surface area contributed by atoms with Crippen molar-refractivity contribution in [3.05, 3.63) is 81.4 Å². The lowest BCUT2D eigenvalue weighted by molar-refractivity contribution is 0.0698. The van der Waals surface area contributed by atoms with E-state index in [1.807, 2.05) is 32.9 Å². The number of nitrogens with one attached hydrogen (secondary N) is 1. The molecule has 2 N–H and O–H groups in total. The standard InChI is InChI=1S/C29H34N6O3/c1-17-15-21(19(3)31-22-10-8-7-9-20(22)28(37)38)26-32-25(18(2)27(36)34(26)16-17)33-14-12-23(29(4,5)6)35-24(33)11-13-30-35/h7-11,13,15-16,19,23,31H,12,14H2,1-6H3,(H,37,38). The molecule has 1 aliphatic rings. The summed E-state index contributed by atoms with van der Waals surface area (Å²) in [6.07, 6.45) is 4.48. The molecule has 3 aromatic heterocycles. The largest absolute Gasteiger partial charge is 0.478 e. The van der Waals surface area contributed by atoms with Gasteiger partial charge in [0.05, 0.1) is 29.4 Å². The third-order valence-corrected chi connectivity index (χ3v) is 7.39. The smallest absolute Gasteiger partial charge is 0.337 e. The van der Waals surface area contributed by atoms with Crippen LogP contribution < -0.4 is 15.8 Å². The molecule has 0 aliphatic carbocycles. The minimum absolute atomic E-state index is 0.0380. The van der Waals surface area contributed by atoms with Gasteiger partial charge < -0.3 is 15.3 Å². The maximum absolute atomic E-state index is 13.7. The van der Waals surface area contributed by atoms with Crippen molar-refractivity contribution in [3.63, 3.8) is 0 Å². The number of carbonyl (C=O) groups is 1. The number of anilines is 3. The maximum atomic E-state index is 13.7. The summed E-state index contributed by atoms with van der Waals surface area (Å²) in [7, 11) is 0. The fourth-order valence-corrected chi connectivity index (χ4v) is 5.44. The molecule has 0 spiro atoms. The van der Waals surface area contributed by atoms with Gasteiger partial charge in [0.1, 0.15) is 17.3 Å². The summed E-state index contributed by atoms with van der Waals surface area (Å²) in [5.41, 5.74) is 3.43. The van der Waals surface area contributed by atoms with E-state index in [4.69, 9.17) is 4.98 Å². The van der Waals surface area contributed by atoms with Gasteiger partial charge in [-0.1, -0.05) is 32.9 Å². The van der Waals surface area contributed by atoms with Gasteiger partial charge in [0.25, 0.3) is 5.56 Å². The monoisotopic (exact) mass is 514 g/mol. The van der Waals surface area contributed by atoms with Gasteiger partial charge in [0.15, 0.2) is 0 Å². The maximum Gasteiger partial charge on any atom is 0.337 e. The lowest BCUT2D eigenvalue weighted by atomic mass is 9.84. The molecule has 2 atom stereocenters. The second kappa shape index (κ2) is 9.31. The number of aromatic carboxylic acids is 1. The second-order valence-corrected chi connectivity index (χ2v) is 11.2. The summed E-state index contributed by atoms with van der Waals surface area (Å²) in [4.78, 5) is 32.6. The quantitative estimate of drug-likeness (QED) is 0.362. The molecule has 0 saturated heterocycles. The summed E-state index contributed by atoms with van der Waals surface area (Å²) < 4.78 is 3.65. The molecule has 4 heterocycles. The Morgan fingerprint density at radius 3 is 2.63 bits per heavy atom. The van der Waals surface area contributed by atoms with Crippen LogP contribution in [0.25, 0.3) is 5.65 Å². The lowest BCUT2D eigenvalue weighted by Crippen LogP contribution is -2.38. The van der Waals surface area contributed by atoms with Crippen molar-refractivity contribution in [2.75, 3.05) is 16.8 Å². The van der Waals surface area contributed by atoms with E-state index in [-0.39, 0.29) is 28.6 Å². The van der Waals surface area contributed by atoms with Gasteiger partial charge in [0.2, 0.25) is 0 Å². The van der Waals surface area contributed by atoms with E-state index in [0.29, 0.717) is 22.7 Å². The fraction of sp³-hybridized carbons (Fsp3) is 0.379. The summed E-state index contributed by atoms with van der Waals surface area (Å²) in [5.74, 6) is 0.537. The van der Waals surface area contributed by atoms with Crippen LogP contribution in [0.2, 0.25) is 0 Å². The predicted octanol–water partition coefficient (Wildman–Crippen LogP) is 5.51. The summed E-state index contributed by atoms with van der Waals surface area (Å²) in [5, 5.41) is 17.6. The second-order valence-electron chi connectivity index (χ2n) is 11.2. The third kappa shape index (κ3) is 4.31. The molecule has 1 aromatic carbocycles. The summed E-state index contributed by atoms with van der Waals surface area (Å²) >= 11 is 0. The SMILES string of the molecule is Cc1cc(C(C)Nc2ccccc2C(=O)O)c2nc(N3CCC(C(C)(C)C)n4nccc43)c(C)c(=O)n2c1. The molecule has 9 nitrogen and oxygen atoms in total. The van der Waals surface area contributed by atoms with Gasteiger partial charge in [-0.25, -0.2) is 14.5 Å². The molecule has 5 rings (SSSR count).